The fraction of sp³-hybridized carbons (Fsp3) is 0.308. The number of aromatic hydroxyl groups is 1. The summed E-state index contributed by atoms with van der Waals surface area (Å²) in [7, 11) is 1.59. The van der Waals surface area contributed by atoms with E-state index in [1.165, 1.54) is 12.3 Å². The number of hydrogen-bond donors (Lipinski definition) is 2. The van der Waals surface area contributed by atoms with Gasteiger partial charge in [-0.25, -0.2) is 0 Å². The molecule has 5 rings (SSSR count). The lowest BCUT2D eigenvalue weighted by Gasteiger charge is -2.51. The quantitative estimate of drug-likeness (QED) is 0.432. The van der Waals surface area contributed by atoms with Gasteiger partial charge in [0.1, 0.15) is 12.4 Å². The molecule has 2 aliphatic rings. The highest BCUT2D eigenvalue weighted by Gasteiger charge is 2.56. The Balaban J connectivity index is 1.90. The monoisotopic (exact) mass is 494 g/mol. The van der Waals surface area contributed by atoms with Crippen molar-refractivity contribution in [2.45, 2.75) is 25.0 Å². The summed E-state index contributed by atoms with van der Waals surface area (Å²) in [5, 5.41) is 10.8. The topological polar surface area (TPSA) is 81.0 Å². The highest BCUT2D eigenvalue weighted by Crippen LogP contribution is 2.45. The van der Waals surface area contributed by atoms with Crippen molar-refractivity contribution in [3.05, 3.63) is 93.9 Å². The second-order valence-corrected chi connectivity index (χ2v) is 9.40. The molecule has 0 radical (unpaired) electrons. The van der Waals surface area contributed by atoms with Crippen LogP contribution in [0.2, 0.25) is 0 Å². The molecule has 2 aliphatic heterocycles. The van der Waals surface area contributed by atoms with Gasteiger partial charge in [0.15, 0.2) is 11.8 Å². The van der Waals surface area contributed by atoms with Gasteiger partial charge in [0, 0.05) is 25.3 Å². The van der Waals surface area contributed by atoms with Crippen LogP contribution in [0.15, 0.2) is 71.7 Å². The predicted molar refractivity (Wildman–Crippen MR) is 135 cm³/mol. The summed E-state index contributed by atoms with van der Waals surface area (Å²) < 4.78 is 13.3. The molecule has 2 aromatic carbocycles. The molecule has 0 fully saturated rings. The number of carbonyl (C=O) groups is 1. The number of methoxy groups -OCH3 is 1. The molecule has 1 N–H and O–H groups in total. The lowest BCUT2D eigenvalue weighted by Crippen LogP contribution is -2.72. The molecule has 1 amide bonds. The molecule has 3 aromatic rings. The first-order chi connectivity index (χ1) is 17.0. The maximum absolute atomic E-state index is 13.7. The number of hydrogen-bond acceptors (Lipinski definition) is 6. The Labute approximate surface area is 209 Å². The average Bonchev–Trinajstić information content (AvgIpc) is 2.88. The Morgan fingerprint density at radius 3 is 2.60 bits per heavy atom. The minimum absolute atomic E-state index is 0.0848. The Kier molecular flexibility index (Phi) is 6.31. The summed E-state index contributed by atoms with van der Waals surface area (Å²) in [6, 6.07) is 18.4. The van der Waals surface area contributed by atoms with Crippen LogP contribution in [0.5, 0.6) is 11.5 Å². The van der Waals surface area contributed by atoms with E-state index in [1.807, 2.05) is 54.6 Å². The number of para-hydroxylation sites is 1. The molecule has 0 spiro atoms. The number of ether oxygens (including phenoxy) is 2. The van der Waals surface area contributed by atoms with Gasteiger partial charge in [-0.3, -0.25) is 14.5 Å². The number of carbonyl (C=O) groups excluding carboxylic acids is 1. The van der Waals surface area contributed by atoms with Gasteiger partial charge in [-0.05, 0) is 25.0 Å². The number of benzene rings is 2. The highest BCUT2D eigenvalue weighted by molar-refractivity contribution is 7.79. The van der Waals surface area contributed by atoms with Crippen LogP contribution in [-0.4, -0.2) is 53.6 Å². The van der Waals surface area contributed by atoms with E-state index in [0.717, 1.165) is 23.3 Å². The zero-order valence-electron chi connectivity index (χ0n) is 19.4. The van der Waals surface area contributed by atoms with E-state index < -0.39 is 29.3 Å². The van der Waals surface area contributed by atoms with Crippen molar-refractivity contribution >= 4 is 18.7 Å². The molecular weight excluding hydrogens is 466 g/mol. The smallest absolute Gasteiger partial charge is 0.284 e. The molecule has 35 heavy (non-hydrogen) atoms. The molecule has 0 saturated carbocycles. The van der Waals surface area contributed by atoms with Crippen molar-refractivity contribution in [1.29, 1.82) is 0 Å². The zero-order valence-corrected chi connectivity index (χ0v) is 20.3. The van der Waals surface area contributed by atoms with Crippen LogP contribution in [0.1, 0.15) is 40.5 Å². The summed E-state index contributed by atoms with van der Waals surface area (Å²) in [6.07, 6.45) is 2.37. The van der Waals surface area contributed by atoms with Crippen LogP contribution in [0, 0.1) is 0 Å². The molecular formula is C26H28N3O5S+. The molecule has 0 saturated heterocycles. The van der Waals surface area contributed by atoms with E-state index in [1.54, 1.807) is 16.7 Å². The molecule has 182 valence electrons. The van der Waals surface area contributed by atoms with Crippen molar-refractivity contribution in [2.75, 3.05) is 26.9 Å². The molecule has 1 unspecified atom stereocenters. The van der Waals surface area contributed by atoms with Crippen LogP contribution in [0.25, 0.3) is 0 Å². The summed E-state index contributed by atoms with van der Waals surface area (Å²) in [5.41, 5.74) is 1.10. The third-order valence-electron chi connectivity index (χ3n) is 6.74. The van der Waals surface area contributed by atoms with Gasteiger partial charge in [-0.1, -0.05) is 42.5 Å². The number of thiol groups is 1. The number of fused-ring (bicyclic) bond motifs is 5. The van der Waals surface area contributed by atoms with Gasteiger partial charge in [-0.15, -0.1) is 4.00 Å². The molecule has 3 atom stereocenters. The van der Waals surface area contributed by atoms with Crippen molar-refractivity contribution in [1.82, 2.24) is 13.6 Å². The first-order valence-electron chi connectivity index (χ1n) is 11.6. The minimum atomic E-state index is -0.612. The number of pyridine rings is 1. The van der Waals surface area contributed by atoms with E-state index in [2.05, 4.69) is 0 Å². The Morgan fingerprint density at radius 1 is 1.09 bits per heavy atom. The SMILES string of the molecule is COC[C@H]1N2CCCCOc3ccccc3[C@H](c3ccccc3)[N+]1(S)n1ccc(=O)c(O)c1C2=O. The van der Waals surface area contributed by atoms with Crippen molar-refractivity contribution < 1.29 is 19.4 Å². The molecule has 8 nitrogen and oxygen atoms in total. The van der Waals surface area contributed by atoms with Gasteiger partial charge < -0.3 is 14.6 Å². The second kappa shape index (κ2) is 9.41. The Morgan fingerprint density at radius 2 is 1.83 bits per heavy atom. The number of nitrogens with zero attached hydrogens (tertiary/aromatic N) is 3. The van der Waals surface area contributed by atoms with Crippen LogP contribution in [-0.2, 0) is 4.74 Å². The Bertz CT molecular complexity index is 1300. The zero-order chi connectivity index (χ0) is 24.6. The van der Waals surface area contributed by atoms with Gasteiger partial charge >= 0.3 is 0 Å². The van der Waals surface area contributed by atoms with E-state index in [0.29, 0.717) is 19.6 Å². The van der Waals surface area contributed by atoms with E-state index in [4.69, 9.17) is 22.3 Å². The molecule has 9 heteroatoms. The summed E-state index contributed by atoms with van der Waals surface area (Å²) in [5.74, 6) is -0.285. The maximum Gasteiger partial charge on any atom is 0.284 e. The lowest BCUT2D eigenvalue weighted by molar-refractivity contribution is -0.0289. The van der Waals surface area contributed by atoms with Crippen LogP contribution >= 0.6 is 12.8 Å². The lowest BCUT2D eigenvalue weighted by atomic mass is 9.96. The van der Waals surface area contributed by atoms with Crippen LogP contribution in [0.3, 0.4) is 0 Å². The van der Waals surface area contributed by atoms with Gasteiger partial charge in [-0.2, -0.15) is 4.68 Å². The summed E-state index contributed by atoms with van der Waals surface area (Å²) in [4.78, 5) is 27.9. The van der Waals surface area contributed by atoms with Crippen molar-refractivity contribution in [3.8, 4) is 11.5 Å². The predicted octanol–water partition coefficient (Wildman–Crippen LogP) is 3.23. The maximum atomic E-state index is 13.7. The summed E-state index contributed by atoms with van der Waals surface area (Å²) >= 11 is 5.31. The first-order valence-corrected chi connectivity index (χ1v) is 12.0. The minimum Gasteiger partial charge on any atom is -0.502 e. The Hall–Kier alpha value is -3.27. The molecule has 3 heterocycles. The van der Waals surface area contributed by atoms with Gasteiger partial charge in [0.25, 0.3) is 5.91 Å². The third kappa shape index (κ3) is 3.80. The van der Waals surface area contributed by atoms with E-state index in [-0.39, 0.29) is 16.3 Å². The fourth-order valence-electron chi connectivity index (χ4n) is 5.14. The highest BCUT2D eigenvalue weighted by atomic mass is 32.1. The standard InChI is InChI=1S/C26H27N3O5S/c1-33-17-22-27-14-7-8-16-34-21-12-6-5-11-19(21)24(18-9-3-2-4-10-18)29(22,35)28-15-13-20(30)25(31)23(28)26(27)32/h2-6,9-13,15,22,24,35H,7-8,14,16-17H2,1H3/p+1/t22-,24-,29?/m0/s1. The van der Waals surface area contributed by atoms with Crippen LogP contribution in [0.4, 0.5) is 0 Å². The second-order valence-electron chi connectivity index (χ2n) is 8.76. The van der Waals surface area contributed by atoms with Gasteiger partial charge in [0.2, 0.25) is 17.3 Å². The molecule has 2 bridgehead atoms. The third-order valence-corrected chi connectivity index (χ3v) is 7.43. The average molecular weight is 495 g/mol. The van der Waals surface area contributed by atoms with Crippen molar-refractivity contribution in [3.63, 3.8) is 0 Å². The van der Waals surface area contributed by atoms with E-state index in [9.17, 15) is 14.7 Å². The number of amides is 1. The summed E-state index contributed by atoms with van der Waals surface area (Å²) in [6.45, 7) is 1.09. The van der Waals surface area contributed by atoms with Gasteiger partial charge in [0.05, 0.1) is 31.2 Å². The number of aromatic nitrogens is 1. The van der Waals surface area contributed by atoms with E-state index >= 15 is 0 Å². The number of rotatable bonds is 3. The fourth-order valence-corrected chi connectivity index (χ4v) is 5.74. The first kappa shape index (κ1) is 23.5. The van der Waals surface area contributed by atoms with Crippen LogP contribution < -0.4 is 14.2 Å². The number of quaternary nitrogens is 1. The normalized spacial score (nSPS) is 24.1. The van der Waals surface area contributed by atoms with Crippen molar-refractivity contribution in [2.24, 2.45) is 0 Å². The largest absolute Gasteiger partial charge is 0.502 e. The molecule has 1 aromatic heterocycles. The molecule has 0 aliphatic carbocycles.